The molecule has 0 aliphatic carbocycles. The fourth-order valence-corrected chi connectivity index (χ4v) is 4.35. The van der Waals surface area contributed by atoms with E-state index < -0.39 is 12.2 Å². The largest absolute Gasteiger partial charge is 0.490 e. The van der Waals surface area contributed by atoms with Gasteiger partial charge >= 0.3 is 6.55 Å². The van der Waals surface area contributed by atoms with Crippen molar-refractivity contribution in [3.63, 3.8) is 0 Å². The number of alkyl halides is 2. The number of para-hydroxylation sites is 1. The van der Waals surface area contributed by atoms with Crippen LogP contribution in [0, 0.1) is 6.92 Å². The minimum Gasteiger partial charge on any atom is -0.490 e. The number of hydrogen-bond acceptors (Lipinski definition) is 8. The van der Waals surface area contributed by atoms with Gasteiger partial charge in [-0.15, -0.1) is 0 Å². The average Bonchev–Trinajstić information content (AvgIpc) is 3.24. The van der Waals surface area contributed by atoms with Gasteiger partial charge in [0.25, 0.3) is 0 Å². The standard InChI is InChI=1S/C25H33F2N7O2/c1-17-12-20(30-24(28)29-17)22-19(14-34(31-22)23(26)27)13-18-6-4-5-7-21(18)36-16-25(2,35)15-33-10-8-32(3)9-11-33/h4-7,12,14,23,35H,8-11,13,15-16H2,1-3H3,(H2,28,29,30). The summed E-state index contributed by atoms with van der Waals surface area (Å²) in [6, 6.07) is 9.04. The summed E-state index contributed by atoms with van der Waals surface area (Å²) < 4.78 is 33.7. The second-order valence-corrected chi connectivity index (χ2v) is 9.66. The van der Waals surface area contributed by atoms with E-state index >= 15 is 0 Å². The first-order valence-electron chi connectivity index (χ1n) is 11.9. The predicted octanol–water partition coefficient (Wildman–Crippen LogP) is 2.59. The third kappa shape index (κ3) is 6.54. The van der Waals surface area contributed by atoms with Gasteiger partial charge in [-0.3, -0.25) is 4.90 Å². The SMILES string of the molecule is Cc1cc(-c2nn(C(F)F)cc2Cc2ccccc2OCC(C)(O)CN2CCN(C)CC2)nc(N)n1. The summed E-state index contributed by atoms with van der Waals surface area (Å²) in [4.78, 5) is 12.8. The van der Waals surface area contributed by atoms with Gasteiger partial charge in [0.05, 0.1) is 5.69 Å². The number of piperazine rings is 1. The molecule has 0 radical (unpaired) electrons. The van der Waals surface area contributed by atoms with Crippen LogP contribution >= 0.6 is 0 Å². The number of nitrogens with two attached hydrogens (primary N) is 1. The number of halogens is 2. The molecule has 3 N–H and O–H groups in total. The number of nitrogen functional groups attached to an aromatic ring is 1. The van der Waals surface area contributed by atoms with E-state index in [9.17, 15) is 13.9 Å². The van der Waals surface area contributed by atoms with E-state index in [-0.39, 0.29) is 19.0 Å². The van der Waals surface area contributed by atoms with Gasteiger partial charge in [-0.25, -0.2) is 14.6 Å². The van der Waals surface area contributed by atoms with Crippen molar-refractivity contribution in [2.24, 2.45) is 0 Å². The maximum atomic E-state index is 13.5. The van der Waals surface area contributed by atoms with Gasteiger partial charge in [0.1, 0.15) is 23.7 Å². The smallest absolute Gasteiger partial charge is 0.333 e. The van der Waals surface area contributed by atoms with Crippen LogP contribution < -0.4 is 10.5 Å². The van der Waals surface area contributed by atoms with Crippen molar-refractivity contribution in [2.45, 2.75) is 32.4 Å². The first kappa shape index (κ1) is 25.9. The van der Waals surface area contributed by atoms with Crippen molar-refractivity contribution >= 4 is 5.95 Å². The lowest BCUT2D eigenvalue weighted by atomic mass is 10.0. The van der Waals surface area contributed by atoms with Crippen LogP contribution in [0.4, 0.5) is 14.7 Å². The van der Waals surface area contributed by atoms with E-state index in [1.54, 1.807) is 19.9 Å². The van der Waals surface area contributed by atoms with E-state index in [1.807, 2.05) is 24.3 Å². The zero-order chi connectivity index (χ0) is 25.9. The Hall–Kier alpha value is -3.15. The Labute approximate surface area is 209 Å². The molecule has 0 saturated carbocycles. The molecular weight excluding hydrogens is 468 g/mol. The highest BCUT2D eigenvalue weighted by Gasteiger charge is 2.27. The van der Waals surface area contributed by atoms with Crippen LogP contribution in [-0.2, 0) is 6.42 Å². The molecule has 194 valence electrons. The lowest BCUT2D eigenvalue weighted by Crippen LogP contribution is -2.51. The number of likely N-dealkylation sites (N-methyl/N-ethyl adjacent to an activating group) is 1. The highest BCUT2D eigenvalue weighted by molar-refractivity contribution is 5.61. The monoisotopic (exact) mass is 501 g/mol. The maximum Gasteiger partial charge on any atom is 0.333 e. The minimum absolute atomic E-state index is 0.0499. The van der Waals surface area contributed by atoms with Crippen molar-refractivity contribution in [3.8, 4) is 17.1 Å². The molecule has 36 heavy (non-hydrogen) atoms. The zero-order valence-electron chi connectivity index (χ0n) is 20.9. The second kappa shape index (κ2) is 10.9. The van der Waals surface area contributed by atoms with Crippen LogP contribution in [0.3, 0.4) is 0 Å². The summed E-state index contributed by atoms with van der Waals surface area (Å²) in [6.07, 6.45) is 1.59. The Morgan fingerprint density at radius 3 is 2.56 bits per heavy atom. The van der Waals surface area contributed by atoms with Gasteiger partial charge in [-0.2, -0.15) is 13.9 Å². The molecule has 3 aromatic rings. The molecule has 1 aromatic carbocycles. The summed E-state index contributed by atoms with van der Waals surface area (Å²) in [5, 5.41) is 15.1. The number of rotatable bonds is 9. The molecule has 1 saturated heterocycles. The van der Waals surface area contributed by atoms with Crippen molar-refractivity contribution in [1.82, 2.24) is 29.5 Å². The predicted molar refractivity (Wildman–Crippen MR) is 133 cm³/mol. The van der Waals surface area contributed by atoms with Gasteiger partial charge in [0.2, 0.25) is 5.95 Å². The molecule has 9 nitrogen and oxygen atoms in total. The Balaban J connectivity index is 1.53. The molecule has 0 amide bonds. The van der Waals surface area contributed by atoms with Crippen LogP contribution in [0.25, 0.3) is 11.4 Å². The first-order chi connectivity index (χ1) is 17.1. The highest BCUT2D eigenvalue weighted by atomic mass is 19.3. The van der Waals surface area contributed by atoms with Gasteiger partial charge in [-0.05, 0) is 38.6 Å². The number of anilines is 1. The number of β-amino-alcohol motifs (C(OH)–C–C–N with tert-alkyl or cyclic N) is 1. The minimum atomic E-state index is -2.80. The van der Waals surface area contributed by atoms with Gasteiger partial charge in [-0.1, -0.05) is 18.2 Å². The van der Waals surface area contributed by atoms with Crippen molar-refractivity contribution < 1.29 is 18.6 Å². The molecule has 4 rings (SSSR count). The normalized spacial score (nSPS) is 16.9. The maximum absolute atomic E-state index is 13.5. The molecule has 3 heterocycles. The Morgan fingerprint density at radius 2 is 1.86 bits per heavy atom. The number of ether oxygens (including phenoxy) is 1. The number of aliphatic hydroxyl groups is 1. The third-order valence-electron chi connectivity index (χ3n) is 6.17. The van der Waals surface area contributed by atoms with Crippen LogP contribution in [0.2, 0.25) is 0 Å². The van der Waals surface area contributed by atoms with Gasteiger partial charge in [0, 0.05) is 56.6 Å². The van der Waals surface area contributed by atoms with Crippen LogP contribution in [0.5, 0.6) is 5.75 Å². The molecule has 11 heteroatoms. The van der Waals surface area contributed by atoms with Crippen molar-refractivity contribution in [2.75, 3.05) is 52.1 Å². The van der Waals surface area contributed by atoms with Crippen LogP contribution in [-0.4, -0.2) is 86.6 Å². The van der Waals surface area contributed by atoms with E-state index in [0.29, 0.717) is 39.6 Å². The Morgan fingerprint density at radius 1 is 1.14 bits per heavy atom. The van der Waals surface area contributed by atoms with E-state index in [1.165, 1.54) is 6.20 Å². The lowest BCUT2D eigenvalue weighted by Gasteiger charge is -2.36. The van der Waals surface area contributed by atoms with E-state index in [2.05, 4.69) is 31.9 Å². The third-order valence-corrected chi connectivity index (χ3v) is 6.17. The Bertz CT molecular complexity index is 1160. The lowest BCUT2D eigenvalue weighted by molar-refractivity contribution is -0.0257. The number of aryl methyl sites for hydroxylation is 1. The molecule has 0 spiro atoms. The van der Waals surface area contributed by atoms with E-state index in [4.69, 9.17) is 10.5 Å². The molecule has 0 bridgehead atoms. The Kier molecular flexibility index (Phi) is 7.82. The topological polar surface area (TPSA) is 106 Å². The number of aromatic nitrogens is 4. The number of benzene rings is 1. The first-order valence-corrected chi connectivity index (χ1v) is 11.9. The fraction of sp³-hybridized carbons (Fsp3) is 0.480. The molecule has 1 unspecified atom stereocenters. The van der Waals surface area contributed by atoms with Gasteiger partial charge in [0.15, 0.2) is 0 Å². The molecule has 1 fully saturated rings. The highest BCUT2D eigenvalue weighted by Crippen LogP contribution is 2.29. The molecule has 1 aliphatic rings. The zero-order valence-corrected chi connectivity index (χ0v) is 20.9. The molecule has 1 aliphatic heterocycles. The summed E-state index contributed by atoms with van der Waals surface area (Å²) in [6.45, 7) is 5.04. The summed E-state index contributed by atoms with van der Waals surface area (Å²) >= 11 is 0. The molecule has 2 aromatic heterocycles. The van der Waals surface area contributed by atoms with Crippen molar-refractivity contribution in [3.05, 3.63) is 53.3 Å². The summed E-state index contributed by atoms with van der Waals surface area (Å²) in [5.41, 5.74) is 7.37. The van der Waals surface area contributed by atoms with Crippen molar-refractivity contribution in [1.29, 1.82) is 0 Å². The quantitative estimate of drug-likeness (QED) is 0.461. The summed E-state index contributed by atoms with van der Waals surface area (Å²) in [5.74, 6) is 0.624. The number of nitrogens with zero attached hydrogens (tertiary/aromatic N) is 6. The molecular formula is C25H33F2N7O2. The van der Waals surface area contributed by atoms with Gasteiger partial charge < -0.3 is 20.5 Å². The average molecular weight is 502 g/mol. The fourth-order valence-electron chi connectivity index (χ4n) is 4.35. The molecule has 1 atom stereocenters. The van der Waals surface area contributed by atoms with Crippen LogP contribution in [0.15, 0.2) is 36.5 Å². The summed E-state index contributed by atoms with van der Waals surface area (Å²) in [7, 11) is 2.09. The van der Waals surface area contributed by atoms with E-state index in [0.717, 1.165) is 31.7 Å². The van der Waals surface area contributed by atoms with Crippen LogP contribution in [0.1, 0.15) is 30.3 Å². The number of hydrogen-bond donors (Lipinski definition) is 2. The second-order valence-electron chi connectivity index (χ2n) is 9.66.